The lowest BCUT2D eigenvalue weighted by molar-refractivity contribution is -0.120. The van der Waals surface area contributed by atoms with Gasteiger partial charge >= 0.3 is 0 Å². The van der Waals surface area contributed by atoms with Gasteiger partial charge < -0.3 is 5.73 Å². The zero-order chi connectivity index (χ0) is 10.5. The second-order valence-corrected chi connectivity index (χ2v) is 4.74. The molecule has 6 heteroatoms. The SMILES string of the molecule is CCCC[C@H](N)C(=O)NS(C)(=O)=O. The third kappa shape index (κ3) is 6.53. The van der Waals surface area contributed by atoms with Crippen LogP contribution in [0.25, 0.3) is 0 Å². The summed E-state index contributed by atoms with van der Waals surface area (Å²) in [6.07, 6.45) is 3.19. The summed E-state index contributed by atoms with van der Waals surface area (Å²) in [4.78, 5) is 11.0. The summed E-state index contributed by atoms with van der Waals surface area (Å²) in [5.74, 6) is -0.629. The van der Waals surface area contributed by atoms with Crippen molar-refractivity contribution >= 4 is 15.9 Å². The third-order valence-electron chi connectivity index (χ3n) is 1.49. The molecule has 0 saturated carbocycles. The van der Waals surface area contributed by atoms with Gasteiger partial charge in [-0.2, -0.15) is 0 Å². The fourth-order valence-corrected chi connectivity index (χ4v) is 1.33. The maximum absolute atomic E-state index is 11.0. The molecule has 13 heavy (non-hydrogen) atoms. The molecule has 3 N–H and O–H groups in total. The van der Waals surface area contributed by atoms with E-state index in [0.717, 1.165) is 19.1 Å². The maximum Gasteiger partial charge on any atom is 0.250 e. The van der Waals surface area contributed by atoms with Crippen LogP contribution in [0.2, 0.25) is 0 Å². The smallest absolute Gasteiger partial charge is 0.250 e. The van der Waals surface area contributed by atoms with Crippen LogP contribution in [-0.2, 0) is 14.8 Å². The summed E-state index contributed by atoms with van der Waals surface area (Å²) in [5, 5.41) is 0. The van der Waals surface area contributed by atoms with Gasteiger partial charge in [0.15, 0.2) is 0 Å². The van der Waals surface area contributed by atoms with Crippen LogP contribution in [0.4, 0.5) is 0 Å². The fourth-order valence-electron chi connectivity index (χ4n) is 0.814. The van der Waals surface area contributed by atoms with Crippen LogP contribution in [0.5, 0.6) is 0 Å². The van der Waals surface area contributed by atoms with E-state index in [1.807, 2.05) is 11.6 Å². The molecule has 0 bridgehead atoms. The average Bonchev–Trinajstić information content (AvgIpc) is 1.96. The van der Waals surface area contributed by atoms with Crippen LogP contribution in [0.1, 0.15) is 26.2 Å². The second kappa shape index (κ2) is 5.18. The average molecular weight is 208 g/mol. The predicted molar refractivity (Wildman–Crippen MR) is 50.5 cm³/mol. The molecule has 1 amide bonds. The molecule has 0 unspecified atom stereocenters. The van der Waals surface area contributed by atoms with Crippen molar-refractivity contribution in [3.63, 3.8) is 0 Å². The Morgan fingerprint density at radius 1 is 1.54 bits per heavy atom. The van der Waals surface area contributed by atoms with Crippen molar-refractivity contribution in [3.05, 3.63) is 0 Å². The van der Waals surface area contributed by atoms with E-state index in [9.17, 15) is 13.2 Å². The van der Waals surface area contributed by atoms with Crippen molar-refractivity contribution in [1.29, 1.82) is 0 Å². The van der Waals surface area contributed by atoms with Gasteiger partial charge in [-0.3, -0.25) is 9.52 Å². The fraction of sp³-hybridized carbons (Fsp3) is 0.857. The molecule has 0 aliphatic carbocycles. The molecular formula is C7H16N2O3S. The molecule has 0 fully saturated rings. The lowest BCUT2D eigenvalue weighted by atomic mass is 10.1. The number of sulfonamides is 1. The standard InChI is InChI=1S/C7H16N2O3S/c1-3-4-5-6(8)7(10)9-13(2,11)12/h6H,3-5,8H2,1-2H3,(H,9,10)/t6-/m0/s1. The lowest BCUT2D eigenvalue weighted by Gasteiger charge is -2.09. The van der Waals surface area contributed by atoms with Gasteiger partial charge in [-0.25, -0.2) is 8.42 Å². The minimum atomic E-state index is -3.47. The first kappa shape index (κ1) is 12.4. The number of hydrogen-bond donors (Lipinski definition) is 2. The van der Waals surface area contributed by atoms with Gasteiger partial charge in [-0.1, -0.05) is 19.8 Å². The molecule has 0 aromatic heterocycles. The Kier molecular flexibility index (Phi) is 4.94. The van der Waals surface area contributed by atoms with Crippen molar-refractivity contribution in [1.82, 2.24) is 4.72 Å². The maximum atomic E-state index is 11.0. The first-order chi connectivity index (χ1) is 5.87. The Hall–Kier alpha value is -0.620. The molecule has 0 aliphatic heterocycles. The van der Waals surface area contributed by atoms with Crippen LogP contribution in [0, 0.1) is 0 Å². The zero-order valence-electron chi connectivity index (χ0n) is 7.91. The van der Waals surface area contributed by atoms with E-state index in [1.54, 1.807) is 0 Å². The number of nitrogens with two attached hydrogens (primary N) is 1. The van der Waals surface area contributed by atoms with Gasteiger partial charge in [0.05, 0.1) is 12.3 Å². The van der Waals surface area contributed by atoms with E-state index < -0.39 is 22.0 Å². The van der Waals surface area contributed by atoms with Gasteiger partial charge in [0.2, 0.25) is 15.9 Å². The monoisotopic (exact) mass is 208 g/mol. The van der Waals surface area contributed by atoms with E-state index >= 15 is 0 Å². The number of nitrogens with one attached hydrogen (secondary N) is 1. The third-order valence-corrected chi connectivity index (χ3v) is 2.06. The van der Waals surface area contributed by atoms with Gasteiger partial charge in [0.1, 0.15) is 0 Å². The topological polar surface area (TPSA) is 89.3 Å². The molecule has 0 spiro atoms. The highest BCUT2D eigenvalue weighted by molar-refractivity contribution is 7.89. The Morgan fingerprint density at radius 3 is 2.46 bits per heavy atom. The summed E-state index contributed by atoms with van der Waals surface area (Å²) < 4.78 is 23.1. The molecule has 78 valence electrons. The quantitative estimate of drug-likeness (QED) is 0.642. The molecule has 5 nitrogen and oxygen atoms in total. The van der Waals surface area contributed by atoms with Crippen molar-refractivity contribution in [3.8, 4) is 0 Å². The molecule has 0 aromatic rings. The predicted octanol–water partition coefficient (Wildman–Crippen LogP) is -0.420. The molecule has 0 radical (unpaired) electrons. The highest BCUT2D eigenvalue weighted by Gasteiger charge is 2.15. The van der Waals surface area contributed by atoms with Crippen molar-refractivity contribution in [2.75, 3.05) is 6.26 Å². The Labute approximate surface area is 78.7 Å². The van der Waals surface area contributed by atoms with Crippen LogP contribution in [-0.4, -0.2) is 26.6 Å². The van der Waals surface area contributed by atoms with Crippen molar-refractivity contribution < 1.29 is 13.2 Å². The van der Waals surface area contributed by atoms with E-state index in [-0.39, 0.29) is 0 Å². The molecular weight excluding hydrogens is 192 g/mol. The molecule has 0 heterocycles. The molecule has 1 atom stereocenters. The number of hydrogen-bond acceptors (Lipinski definition) is 4. The molecule has 0 aliphatic rings. The van der Waals surface area contributed by atoms with Gasteiger partial charge in [0, 0.05) is 0 Å². The molecule has 0 aromatic carbocycles. The summed E-state index contributed by atoms with van der Waals surface area (Å²) in [7, 11) is -3.47. The van der Waals surface area contributed by atoms with E-state index in [2.05, 4.69) is 0 Å². The number of unbranched alkanes of at least 4 members (excludes halogenated alkanes) is 1. The highest BCUT2D eigenvalue weighted by atomic mass is 32.2. The van der Waals surface area contributed by atoms with Crippen LogP contribution in [0.3, 0.4) is 0 Å². The Morgan fingerprint density at radius 2 is 2.08 bits per heavy atom. The Bertz CT molecular complexity index is 261. The normalized spacial score (nSPS) is 13.8. The summed E-state index contributed by atoms with van der Waals surface area (Å²) >= 11 is 0. The summed E-state index contributed by atoms with van der Waals surface area (Å²) in [6, 6.07) is -0.727. The Balaban J connectivity index is 3.97. The summed E-state index contributed by atoms with van der Waals surface area (Å²) in [6.45, 7) is 1.97. The van der Waals surface area contributed by atoms with Gasteiger partial charge in [-0.05, 0) is 6.42 Å². The van der Waals surface area contributed by atoms with E-state index in [4.69, 9.17) is 5.73 Å². The zero-order valence-corrected chi connectivity index (χ0v) is 8.73. The van der Waals surface area contributed by atoms with Crippen molar-refractivity contribution in [2.24, 2.45) is 5.73 Å². The second-order valence-electron chi connectivity index (χ2n) is 2.99. The highest BCUT2D eigenvalue weighted by Crippen LogP contribution is 1.98. The van der Waals surface area contributed by atoms with Gasteiger partial charge in [-0.15, -0.1) is 0 Å². The number of rotatable bonds is 5. The van der Waals surface area contributed by atoms with Crippen LogP contribution >= 0.6 is 0 Å². The minimum absolute atomic E-state index is 0.512. The minimum Gasteiger partial charge on any atom is -0.320 e. The first-order valence-corrected chi connectivity index (χ1v) is 6.03. The number of amides is 1. The van der Waals surface area contributed by atoms with Crippen LogP contribution < -0.4 is 10.5 Å². The number of carbonyl (C=O) groups excluding carboxylic acids is 1. The number of carbonyl (C=O) groups is 1. The van der Waals surface area contributed by atoms with Crippen LogP contribution in [0.15, 0.2) is 0 Å². The van der Waals surface area contributed by atoms with E-state index in [0.29, 0.717) is 6.42 Å². The van der Waals surface area contributed by atoms with Gasteiger partial charge in [0.25, 0.3) is 0 Å². The van der Waals surface area contributed by atoms with E-state index in [1.165, 1.54) is 0 Å². The lowest BCUT2D eigenvalue weighted by Crippen LogP contribution is -2.42. The largest absolute Gasteiger partial charge is 0.320 e. The first-order valence-electron chi connectivity index (χ1n) is 4.14. The van der Waals surface area contributed by atoms with Crippen molar-refractivity contribution in [2.45, 2.75) is 32.2 Å². The summed E-state index contributed by atoms with van der Waals surface area (Å²) in [5.41, 5.74) is 5.43. The molecule has 0 rings (SSSR count). The molecule has 0 saturated heterocycles.